The van der Waals surface area contributed by atoms with Crippen LogP contribution in [-0.4, -0.2) is 24.7 Å². The zero-order chi connectivity index (χ0) is 14.4. The van der Waals surface area contributed by atoms with E-state index < -0.39 is 0 Å². The molecule has 1 N–H and O–H groups in total. The normalized spacial score (nSPS) is 16.9. The summed E-state index contributed by atoms with van der Waals surface area (Å²) in [6.07, 6.45) is 7.50. The summed E-state index contributed by atoms with van der Waals surface area (Å²) in [6.45, 7) is 1.77. The van der Waals surface area contributed by atoms with Crippen molar-refractivity contribution in [2.75, 3.05) is 19.9 Å². The number of methoxy groups -OCH3 is 1. The zero-order valence-corrected chi connectivity index (χ0v) is 13.1. The third-order valence-electron chi connectivity index (χ3n) is 4.12. The molecule has 1 aliphatic rings. The molecular weight excluding hydrogens is 268 g/mol. The lowest BCUT2D eigenvalue weighted by molar-refractivity contribution is 0.406. The average Bonchev–Trinajstić information content (AvgIpc) is 2.96. The van der Waals surface area contributed by atoms with Gasteiger partial charge in [-0.15, -0.1) is 0 Å². The van der Waals surface area contributed by atoms with Gasteiger partial charge in [0.05, 0.1) is 18.7 Å². The van der Waals surface area contributed by atoms with Crippen LogP contribution in [0.15, 0.2) is 18.2 Å². The van der Waals surface area contributed by atoms with E-state index in [2.05, 4.69) is 17.6 Å². The molecule has 0 aromatic heterocycles. The summed E-state index contributed by atoms with van der Waals surface area (Å²) in [5.74, 6) is 0.848. The van der Waals surface area contributed by atoms with Crippen molar-refractivity contribution in [3.8, 4) is 11.8 Å². The average molecular weight is 290 g/mol. The molecule has 1 aliphatic carbocycles. The Balaban J connectivity index is 1.98. The van der Waals surface area contributed by atoms with Gasteiger partial charge in [0, 0.05) is 23.4 Å². The van der Waals surface area contributed by atoms with E-state index in [4.69, 9.17) is 10.00 Å². The van der Waals surface area contributed by atoms with Crippen LogP contribution >= 0.6 is 11.8 Å². The minimum Gasteiger partial charge on any atom is -0.496 e. The van der Waals surface area contributed by atoms with Crippen molar-refractivity contribution in [3.63, 3.8) is 0 Å². The molecule has 2 rings (SSSR count). The predicted octanol–water partition coefficient (Wildman–Crippen LogP) is 3.33. The van der Waals surface area contributed by atoms with Gasteiger partial charge in [0.1, 0.15) is 5.75 Å². The summed E-state index contributed by atoms with van der Waals surface area (Å²) in [6, 6.07) is 7.76. The highest BCUT2D eigenvalue weighted by Gasteiger charge is 2.32. The molecular formula is C16H22N2OS. The maximum absolute atomic E-state index is 8.99. The van der Waals surface area contributed by atoms with E-state index in [0.29, 0.717) is 10.3 Å². The molecule has 1 saturated carbocycles. The second kappa shape index (κ2) is 7.01. The third kappa shape index (κ3) is 3.47. The first-order valence-electron chi connectivity index (χ1n) is 7.06. The van der Waals surface area contributed by atoms with Crippen LogP contribution < -0.4 is 10.1 Å². The van der Waals surface area contributed by atoms with Gasteiger partial charge in [-0.3, -0.25) is 0 Å². The minimum absolute atomic E-state index is 0.403. The van der Waals surface area contributed by atoms with E-state index in [-0.39, 0.29) is 0 Å². The van der Waals surface area contributed by atoms with Gasteiger partial charge < -0.3 is 10.1 Å². The first-order chi connectivity index (χ1) is 9.73. The summed E-state index contributed by atoms with van der Waals surface area (Å²) in [5.41, 5.74) is 1.74. The zero-order valence-electron chi connectivity index (χ0n) is 12.2. The number of ether oxygens (including phenoxy) is 1. The highest BCUT2D eigenvalue weighted by molar-refractivity contribution is 8.00. The Bertz CT molecular complexity index is 490. The highest BCUT2D eigenvalue weighted by atomic mass is 32.2. The fourth-order valence-corrected chi connectivity index (χ4v) is 3.83. The van der Waals surface area contributed by atoms with Crippen molar-refractivity contribution < 1.29 is 4.74 Å². The smallest absolute Gasteiger partial charge is 0.123 e. The lowest BCUT2D eigenvalue weighted by atomic mass is 10.1. The minimum atomic E-state index is 0.403. The molecule has 0 spiro atoms. The molecule has 0 saturated heterocycles. The maximum atomic E-state index is 8.99. The number of nitrogens with one attached hydrogen (secondary N) is 1. The molecule has 1 fully saturated rings. The first kappa shape index (κ1) is 15.2. The first-order valence-corrected chi connectivity index (χ1v) is 8.28. The monoisotopic (exact) mass is 290 g/mol. The van der Waals surface area contributed by atoms with Gasteiger partial charge in [-0.2, -0.15) is 17.0 Å². The van der Waals surface area contributed by atoms with Crippen LogP contribution in [0.5, 0.6) is 5.75 Å². The fourth-order valence-electron chi connectivity index (χ4n) is 2.88. The molecule has 1 aromatic rings. The summed E-state index contributed by atoms with van der Waals surface area (Å²) >= 11 is 1.99. The van der Waals surface area contributed by atoms with Crippen LogP contribution in [0.1, 0.15) is 36.8 Å². The van der Waals surface area contributed by atoms with Crippen molar-refractivity contribution in [2.24, 2.45) is 0 Å². The molecule has 3 nitrogen and oxygen atoms in total. The number of hydrogen-bond donors (Lipinski definition) is 1. The maximum Gasteiger partial charge on any atom is 0.123 e. The summed E-state index contributed by atoms with van der Waals surface area (Å²) in [7, 11) is 1.67. The third-order valence-corrected chi connectivity index (χ3v) is 5.54. The fraction of sp³-hybridized carbons (Fsp3) is 0.562. The Morgan fingerprint density at radius 3 is 2.75 bits per heavy atom. The number of nitrogens with zero attached hydrogens (tertiary/aromatic N) is 1. The van der Waals surface area contributed by atoms with Crippen LogP contribution in [-0.2, 0) is 6.54 Å². The molecule has 1 aromatic carbocycles. The van der Waals surface area contributed by atoms with Crippen molar-refractivity contribution in [3.05, 3.63) is 29.3 Å². The molecule has 0 radical (unpaired) electrons. The van der Waals surface area contributed by atoms with Crippen LogP contribution in [0.25, 0.3) is 0 Å². The lowest BCUT2D eigenvalue weighted by Gasteiger charge is -2.27. The predicted molar refractivity (Wildman–Crippen MR) is 84.1 cm³/mol. The second-order valence-corrected chi connectivity index (χ2v) is 6.61. The molecule has 108 valence electrons. The van der Waals surface area contributed by atoms with Crippen LogP contribution in [0, 0.1) is 11.3 Å². The number of rotatable bonds is 6. The number of nitriles is 1. The highest BCUT2D eigenvalue weighted by Crippen LogP contribution is 2.39. The number of hydrogen-bond acceptors (Lipinski definition) is 4. The summed E-state index contributed by atoms with van der Waals surface area (Å²) < 4.78 is 5.77. The Kier molecular flexibility index (Phi) is 5.33. The molecule has 0 atom stereocenters. The number of thioether (sulfide) groups is 1. The van der Waals surface area contributed by atoms with E-state index in [1.807, 2.05) is 23.9 Å². The van der Waals surface area contributed by atoms with Gasteiger partial charge in [-0.25, -0.2) is 0 Å². The quantitative estimate of drug-likeness (QED) is 0.873. The van der Waals surface area contributed by atoms with Gasteiger partial charge in [0.2, 0.25) is 0 Å². The molecule has 0 aliphatic heterocycles. The van der Waals surface area contributed by atoms with Crippen LogP contribution in [0.3, 0.4) is 0 Å². The van der Waals surface area contributed by atoms with Crippen molar-refractivity contribution in [1.29, 1.82) is 5.26 Å². The van der Waals surface area contributed by atoms with Crippen molar-refractivity contribution in [2.45, 2.75) is 37.0 Å². The summed E-state index contributed by atoms with van der Waals surface area (Å²) in [4.78, 5) is 0. The standard InChI is InChI=1S/C16H22N2OS/c1-19-15-6-5-13(10-17)9-14(15)11-18-12-16(20-2)7-3-4-8-16/h5-6,9,18H,3-4,7-8,11-12H2,1-2H3. The Morgan fingerprint density at radius 2 is 2.15 bits per heavy atom. The van der Waals surface area contributed by atoms with E-state index in [1.165, 1.54) is 25.7 Å². The van der Waals surface area contributed by atoms with Gasteiger partial charge in [0.25, 0.3) is 0 Å². The van der Waals surface area contributed by atoms with Gasteiger partial charge >= 0.3 is 0 Å². The molecule has 0 bridgehead atoms. The lowest BCUT2D eigenvalue weighted by Crippen LogP contribution is -2.34. The summed E-state index contributed by atoms with van der Waals surface area (Å²) in [5, 5.41) is 12.5. The van der Waals surface area contributed by atoms with Crippen molar-refractivity contribution in [1.82, 2.24) is 5.32 Å². The van der Waals surface area contributed by atoms with E-state index in [1.54, 1.807) is 13.2 Å². The SMILES string of the molecule is COc1ccc(C#N)cc1CNCC1(SC)CCCC1. The Hall–Kier alpha value is -1.18. The van der Waals surface area contributed by atoms with Crippen LogP contribution in [0.2, 0.25) is 0 Å². The number of benzene rings is 1. The topological polar surface area (TPSA) is 45.0 Å². The van der Waals surface area contributed by atoms with E-state index >= 15 is 0 Å². The molecule has 0 unspecified atom stereocenters. The van der Waals surface area contributed by atoms with E-state index in [9.17, 15) is 0 Å². The van der Waals surface area contributed by atoms with Crippen LogP contribution in [0.4, 0.5) is 0 Å². The van der Waals surface area contributed by atoms with Gasteiger partial charge in [0.15, 0.2) is 0 Å². The van der Waals surface area contributed by atoms with E-state index in [0.717, 1.165) is 24.4 Å². The largest absolute Gasteiger partial charge is 0.496 e. The van der Waals surface area contributed by atoms with Crippen molar-refractivity contribution >= 4 is 11.8 Å². The molecule has 0 heterocycles. The molecule has 20 heavy (non-hydrogen) atoms. The molecule has 0 amide bonds. The Morgan fingerprint density at radius 1 is 1.40 bits per heavy atom. The molecule has 4 heteroatoms. The second-order valence-electron chi connectivity index (χ2n) is 5.34. The Labute approximate surface area is 125 Å². The van der Waals surface area contributed by atoms with Gasteiger partial charge in [-0.1, -0.05) is 12.8 Å². The van der Waals surface area contributed by atoms with Gasteiger partial charge in [-0.05, 0) is 37.3 Å².